The van der Waals surface area contributed by atoms with Crippen LogP contribution in [0.5, 0.6) is 5.75 Å². The standard InChI is InChI=1S/C42H47N5O10/c1-46(2)31-9-6-29(7-10-31)34-12-8-30-24-32(11-13-35(30)44-34)57-27-28(25-48)26-56-23-22-55-21-20-54-19-18-53-17-16-43-36-5-3-4-33-39(36)42(52)47(41(33)51)37-14-15-38(49)45-40(37)50/h3-13,24-25,28,37,43H,14-23,26-27H2,1-2H3,(H,45,49,50). The number of hydrogen-bond donors (Lipinski definition) is 2. The highest BCUT2D eigenvalue weighted by molar-refractivity contribution is 6.25. The minimum atomic E-state index is -1.02. The largest absolute Gasteiger partial charge is 0.493 e. The first-order valence-electron chi connectivity index (χ1n) is 18.9. The van der Waals surface area contributed by atoms with Crippen LogP contribution in [-0.2, 0) is 33.3 Å². The van der Waals surface area contributed by atoms with Crippen LogP contribution >= 0.6 is 0 Å². The number of amides is 4. The summed E-state index contributed by atoms with van der Waals surface area (Å²) in [5.41, 5.74) is 4.79. The monoisotopic (exact) mass is 781 g/mol. The van der Waals surface area contributed by atoms with Crippen molar-refractivity contribution in [2.24, 2.45) is 5.92 Å². The number of carbonyl (C=O) groups is 5. The Kier molecular flexibility index (Phi) is 14.3. The molecule has 15 nitrogen and oxygen atoms in total. The third kappa shape index (κ3) is 10.6. The molecule has 1 saturated heterocycles. The zero-order chi connectivity index (χ0) is 40.1. The molecule has 4 amide bonds. The van der Waals surface area contributed by atoms with Crippen molar-refractivity contribution in [3.63, 3.8) is 0 Å². The molecule has 2 unspecified atom stereocenters. The van der Waals surface area contributed by atoms with Gasteiger partial charge >= 0.3 is 0 Å². The second kappa shape index (κ2) is 19.9. The van der Waals surface area contributed by atoms with Crippen LogP contribution in [0.4, 0.5) is 11.4 Å². The Morgan fingerprint density at radius 3 is 2.26 bits per heavy atom. The summed E-state index contributed by atoms with van der Waals surface area (Å²) in [6, 6.07) is 21.8. The number of nitrogens with one attached hydrogen (secondary N) is 2. The molecule has 2 atom stereocenters. The first kappa shape index (κ1) is 40.9. The van der Waals surface area contributed by atoms with E-state index >= 15 is 0 Å². The molecular weight excluding hydrogens is 734 g/mol. The minimum Gasteiger partial charge on any atom is -0.493 e. The summed E-state index contributed by atoms with van der Waals surface area (Å²) in [4.78, 5) is 69.5. The molecule has 4 aromatic rings. The average Bonchev–Trinajstić information content (AvgIpc) is 3.47. The van der Waals surface area contributed by atoms with Gasteiger partial charge in [0.1, 0.15) is 18.1 Å². The van der Waals surface area contributed by atoms with Crippen LogP contribution in [0.1, 0.15) is 33.6 Å². The Morgan fingerprint density at radius 1 is 0.842 bits per heavy atom. The number of nitrogens with zero attached hydrogens (tertiary/aromatic N) is 3. The number of aromatic nitrogens is 1. The molecule has 1 fully saturated rings. The number of imide groups is 2. The molecule has 0 radical (unpaired) electrons. The fraction of sp³-hybridized carbons (Fsp3) is 0.381. The molecule has 300 valence electrons. The molecule has 3 aromatic carbocycles. The molecule has 3 heterocycles. The van der Waals surface area contributed by atoms with Gasteiger partial charge in [0.15, 0.2) is 0 Å². The number of piperidine rings is 1. The molecule has 2 aliphatic rings. The first-order chi connectivity index (χ1) is 27.7. The van der Waals surface area contributed by atoms with E-state index in [1.165, 1.54) is 0 Å². The molecule has 6 rings (SSSR count). The van der Waals surface area contributed by atoms with Crippen molar-refractivity contribution >= 4 is 52.2 Å². The molecule has 2 N–H and O–H groups in total. The lowest BCUT2D eigenvalue weighted by atomic mass is 10.0. The third-order valence-electron chi connectivity index (χ3n) is 9.47. The van der Waals surface area contributed by atoms with Crippen molar-refractivity contribution in [3.8, 4) is 17.0 Å². The summed E-state index contributed by atoms with van der Waals surface area (Å²) in [6.45, 7) is 3.19. The average molecular weight is 782 g/mol. The smallest absolute Gasteiger partial charge is 0.264 e. The number of ether oxygens (including phenoxy) is 5. The van der Waals surface area contributed by atoms with Crippen LogP contribution in [0, 0.1) is 5.92 Å². The minimum absolute atomic E-state index is 0.0582. The van der Waals surface area contributed by atoms with Crippen LogP contribution < -0.4 is 20.3 Å². The predicted octanol–water partition coefficient (Wildman–Crippen LogP) is 3.74. The predicted molar refractivity (Wildman–Crippen MR) is 211 cm³/mol. The number of hydrogen-bond acceptors (Lipinski definition) is 13. The molecule has 1 aromatic heterocycles. The fourth-order valence-corrected chi connectivity index (χ4v) is 6.43. The molecule has 57 heavy (non-hydrogen) atoms. The van der Waals surface area contributed by atoms with Gasteiger partial charge in [0.05, 0.1) is 87.7 Å². The van der Waals surface area contributed by atoms with E-state index in [-0.39, 0.29) is 37.2 Å². The van der Waals surface area contributed by atoms with Crippen LogP contribution in [0.25, 0.3) is 22.2 Å². The van der Waals surface area contributed by atoms with Gasteiger partial charge in [-0.05, 0) is 55.0 Å². The summed E-state index contributed by atoms with van der Waals surface area (Å²) >= 11 is 0. The van der Waals surface area contributed by atoms with Crippen molar-refractivity contribution in [1.29, 1.82) is 0 Å². The van der Waals surface area contributed by atoms with E-state index in [0.29, 0.717) is 64.2 Å². The first-order valence-corrected chi connectivity index (χ1v) is 18.9. The topological polar surface area (TPSA) is 175 Å². The number of benzene rings is 3. The van der Waals surface area contributed by atoms with Crippen molar-refractivity contribution in [3.05, 3.63) is 83.9 Å². The molecule has 0 aliphatic carbocycles. The van der Waals surface area contributed by atoms with Crippen LogP contribution in [0.15, 0.2) is 72.8 Å². The second-order valence-electron chi connectivity index (χ2n) is 13.7. The maximum absolute atomic E-state index is 13.2. The quantitative estimate of drug-likeness (QED) is 0.0671. The van der Waals surface area contributed by atoms with Crippen molar-refractivity contribution in [1.82, 2.24) is 15.2 Å². The Balaban J connectivity index is 0.790. The van der Waals surface area contributed by atoms with E-state index in [0.717, 1.165) is 39.0 Å². The summed E-state index contributed by atoms with van der Waals surface area (Å²) in [7, 11) is 4.02. The number of pyridine rings is 1. The van der Waals surface area contributed by atoms with E-state index in [1.54, 1.807) is 18.2 Å². The number of fused-ring (bicyclic) bond motifs is 2. The van der Waals surface area contributed by atoms with E-state index < -0.39 is 35.6 Å². The maximum Gasteiger partial charge on any atom is 0.264 e. The normalized spacial score (nSPS) is 15.8. The highest BCUT2D eigenvalue weighted by Gasteiger charge is 2.45. The summed E-state index contributed by atoms with van der Waals surface area (Å²) in [5, 5.41) is 6.27. The van der Waals surface area contributed by atoms with Gasteiger partial charge in [0.25, 0.3) is 11.8 Å². The van der Waals surface area contributed by atoms with Crippen molar-refractivity contribution in [2.45, 2.75) is 18.9 Å². The number of aldehydes is 1. The van der Waals surface area contributed by atoms with Crippen LogP contribution in [0.2, 0.25) is 0 Å². The van der Waals surface area contributed by atoms with Gasteiger partial charge in [-0.1, -0.05) is 24.3 Å². The van der Waals surface area contributed by atoms with Crippen molar-refractivity contribution in [2.75, 3.05) is 90.3 Å². The van der Waals surface area contributed by atoms with Gasteiger partial charge in [0.2, 0.25) is 11.8 Å². The zero-order valence-corrected chi connectivity index (χ0v) is 32.1. The van der Waals surface area contributed by atoms with E-state index in [2.05, 4.69) is 39.8 Å². The van der Waals surface area contributed by atoms with Gasteiger partial charge < -0.3 is 38.7 Å². The molecular formula is C42H47N5O10. The van der Waals surface area contributed by atoms with E-state index in [9.17, 15) is 24.0 Å². The van der Waals surface area contributed by atoms with Gasteiger partial charge in [-0.3, -0.25) is 29.4 Å². The SMILES string of the molecule is CN(C)c1ccc(-c2ccc3cc(OCC(C=O)COCCOCCOCCOCCNc4cccc5c4C(=O)N(C4CCC(=O)NC4=O)C5=O)ccc3n2)cc1. The highest BCUT2D eigenvalue weighted by Crippen LogP contribution is 2.32. The van der Waals surface area contributed by atoms with Gasteiger partial charge in [-0.25, -0.2) is 4.98 Å². The maximum atomic E-state index is 13.2. The zero-order valence-electron chi connectivity index (χ0n) is 32.1. The Labute approximate surface area is 330 Å². The second-order valence-corrected chi connectivity index (χ2v) is 13.7. The molecule has 0 spiro atoms. The Bertz CT molecular complexity index is 2060. The Hall–Kier alpha value is -5.74. The van der Waals surface area contributed by atoms with Crippen LogP contribution in [-0.4, -0.2) is 126 Å². The summed E-state index contributed by atoms with van der Waals surface area (Å²) < 4.78 is 28.3. The lowest BCUT2D eigenvalue weighted by Crippen LogP contribution is -2.54. The lowest BCUT2D eigenvalue weighted by molar-refractivity contribution is -0.136. The third-order valence-corrected chi connectivity index (χ3v) is 9.47. The Morgan fingerprint density at radius 2 is 1.56 bits per heavy atom. The van der Waals surface area contributed by atoms with Gasteiger partial charge in [0, 0.05) is 49.4 Å². The van der Waals surface area contributed by atoms with Crippen molar-refractivity contribution < 1.29 is 47.7 Å². The molecule has 0 saturated carbocycles. The lowest BCUT2D eigenvalue weighted by Gasteiger charge is -2.27. The van der Waals surface area contributed by atoms with Gasteiger partial charge in [-0.2, -0.15) is 0 Å². The van der Waals surface area contributed by atoms with E-state index in [4.69, 9.17) is 28.7 Å². The summed E-state index contributed by atoms with van der Waals surface area (Å²) in [6.07, 6.45) is 0.986. The molecule has 0 bridgehead atoms. The fourth-order valence-electron chi connectivity index (χ4n) is 6.43. The molecule has 2 aliphatic heterocycles. The molecule has 15 heteroatoms. The highest BCUT2D eigenvalue weighted by atomic mass is 16.6. The van der Waals surface area contributed by atoms with Gasteiger partial charge in [-0.15, -0.1) is 0 Å². The summed E-state index contributed by atoms with van der Waals surface area (Å²) in [5.74, 6) is -1.98. The van der Waals surface area contributed by atoms with E-state index in [1.807, 2.05) is 44.4 Å². The number of carbonyl (C=O) groups excluding carboxylic acids is 5. The van der Waals surface area contributed by atoms with Crippen LogP contribution in [0.3, 0.4) is 0 Å². The number of anilines is 2. The number of rotatable bonds is 22.